The molecule has 0 aliphatic carbocycles. The Hall–Kier alpha value is -1.52. The Morgan fingerprint density at radius 2 is 1.95 bits per heavy atom. The summed E-state index contributed by atoms with van der Waals surface area (Å²) in [6.07, 6.45) is 3.73. The van der Waals surface area contributed by atoms with E-state index in [2.05, 4.69) is 23.9 Å². The minimum Gasteiger partial charge on any atom is -0.304 e. The second-order valence-corrected chi connectivity index (χ2v) is 5.57. The van der Waals surface area contributed by atoms with Gasteiger partial charge in [-0.05, 0) is 26.8 Å². The lowest BCUT2D eigenvalue weighted by molar-refractivity contribution is 0.634. The number of pyridine rings is 1. The predicted molar refractivity (Wildman–Crippen MR) is 81.6 cm³/mol. The Kier molecular flexibility index (Phi) is 3.22. The molecule has 0 radical (unpaired) electrons. The zero-order valence-corrected chi connectivity index (χ0v) is 13.0. The van der Waals surface area contributed by atoms with Crippen LogP contribution in [0.4, 0.5) is 0 Å². The number of hydrogen-bond donors (Lipinski definition) is 0. The van der Waals surface area contributed by atoms with Gasteiger partial charge in [0.25, 0.3) is 0 Å². The molecule has 0 bridgehead atoms. The van der Waals surface area contributed by atoms with Gasteiger partial charge in [0.2, 0.25) is 0 Å². The minimum absolute atomic E-state index is 0.543. The Labute approximate surface area is 126 Å². The van der Waals surface area contributed by atoms with Crippen molar-refractivity contribution in [2.75, 3.05) is 0 Å². The Morgan fingerprint density at radius 3 is 2.60 bits per heavy atom. The summed E-state index contributed by atoms with van der Waals surface area (Å²) in [5.41, 5.74) is 4.70. The highest BCUT2D eigenvalue weighted by atomic mass is 35.5. The summed E-state index contributed by atoms with van der Waals surface area (Å²) in [4.78, 5) is 4.61. The number of fused-ring (bicyclic) bond motifs is 1. The van der Waals surface area contributed by atoms with Crippen LogP contribution in [0, 0.1) is 13.8 Å². The summed E-state index contributed by atoms with van der Waals surface area (Å²) in [5, 5.41) is 5.65. The van der Waals surface area contributed by atoms with E-state index in [0.717, 1.165) is 29.2 Å². The van der Waals surface area contributed by atoms with Gasteiger partial charge >= 0.3 is 0 Å². The third-order valence-electron chi connectivity index (χ3n) is 3.41. The number of aromatic nitrogens is 4. The van der Waals surface area contributed by atoms with E-state index >= 15 is 0 Å². The van der Waals surface area contributed by atoms with Gasteiger partial charge in [-0.1, -0.05) is 23.2 Å². The normalized spacial score (nSPS) is 11.4. The molecule has 0 saturated heterocycles. The smallest absolute Gasteiger partial charge is 0.156 e. The molecule has 104 valence electrons. The van der Waals surface area contributed by atoms with Crippen LogP contribution in [0.1, 0.15) is 18.3 Å². The van der Waals surface area contributed by atoms with Crippen molar-refractivity contribution in [3.63, 3.8) is 0 Å². The fourth-order valence-electron chi connectivity index (χ4n) is 2.52. The number of halogens is 2. The Morgan fingerprint density at radius 1 is 1.20 bits per heavy atom. The van der Waals surface area contributed by atoms with Crippen molar-refractivity contribution in [2.24, 2.45) is 0 Å². The van der Waals surface area contributed by atoms with Gasteiger partial charge in [-0.3, -0.25) is 4.68 Å². The van der Waals surface area contributed by atoms with E-state index in [1.54, 1.807) is 12.3 Å². The van der Waals surface area contributed by atoms with Crippen LogP contribution in [0.25, 0.3) is 16.9 Å². The molecular weight excluding hydrogens is 295 g/mol. The SMILES string of the molecule is CCn1nc(C)c(-c2cn3cc(Cl)cc(Cl)c3n2)c1C. The van der Waals surface area contributed by atoms with Gasteiger partial charge in [0.15, 0.2) is 5.65 Å². The highest BCUT2D eigenvalue weighted by molar-refractivity contribution is 6.36. The van der Waals surface area contributed by atoms with Crippen molar-refractivity contribution >= 4 is 28.8 Å². The fraction of sp³-hybridized carbons (Fsp3) is 0.286. The van der Waals surface area contributed by atoms with E-state index < -0.39 is 0 Å². The average molecular weight is 309 g/mol. The second-order valence-electron chi connectivity index (χ2n) is 4.72. The van der Waals surface area contributed by atoms with Gasteiger partial charge < -0.3 is 4.40 Å². The van der Waals surface area contributed by atoms with E-state index in [4.69, 9.17) is 23.2 Å². The van der Waals surface area contributed by atoms with Crippen molar-refractivity contribution < 1.29 is 0 Å². The molecule has 0 atom stereocenters. The van der Waals surface area contributed by atoms with Crippen molar-refractivity contribution in [3.05, 3.63) is 39.9 Å². The molecule has 0 N–H and O–H groups in total. The lowest BCUT2D eigenvalue weighted by atomic mass is 10.1. The molecule has 0 saturated carbocycles. The zero-order valence-electron chi connectivity index (χ0n) is 11.5. The van der Waals surface area contributed by atoms with Crippen LogP contribution in [-0.4, -0.2) is 19.2 Å². The van der Waals surface area contributed by atoms with E-state index in [0.29, 0.717) is 15.7 Å². The maximum atomic E-state index is 6.19. The van der Waals surface area contributed by atoms with E-state index in [-0.39, 0.29) is 0 Å². The number of imidazole rings is 1. The van der Waals surface area contributed by atoms with Gasteiger partial charge in [-0.15, -0.1) is 0 Å². The maximum Gasteiger partial charge on any atom is 0.156 e. The van der Waals surface area contributed by atoms with Crippen molar-refractivity contribution in [1.29, 1.82) is 0 Å². The second kappa shape index (κ2) is 4.79. The van der Waals surface area contributed by atoms with Crippen LogP contribution >= 0.6 is 23.2 Å². The first-order chi connectivity index (χ1) is 9.51. The molecule has 20 heavy (non-hydrogen) atoms. The molecule has 0 unspecified atom stereocenters. The first-order valence-corrected chi connectivity index (χ1v) is 7.15. The van der Waals surface area contributed by atoms with Gasteiger partial charge in [-0.25, -0.2) is 4.98 Å². The topological polar surface area (TPSA) is 35.1 Å². The van der Waals surface area contributed by atoms with Crippen molar-refractivity contribution in [3.8, 4) is 11.3 Å². The summed E-state index contributed by atoms with van der Waals surface area (Å²) in [6.45, 7) is 6.96. The summed E-state index contributed by atoms with van der Waals surface area (Å²) in [6, 6.07) is 1.70. The number of rotatable bonds is 2. The fourth-order valence-corrected chi connectivity index (χ4v) is 3.05. The summed E-state index contributed by atoms with van der Waals surface area (Å²) in [5.74, 6) is 0. The van der Waals surface area contributed by atoms with Crippen LogP contribution in [0.2, 0.25) is 10.0 Å². The summed E-state index contributed by atoms with van der Waals surface area (Å²) < 4.78 is 3.82. The molecule has 0 spiro atoms. The maximum absolute atomic E-state index is 6.19. The van der Waals surface area contributed by atoms with Gasteiger partial charge in [0.1, 0.15) is 0 Å². The van der Waals surface area contributed by atoms with E-state index in [9.17, 15) is 0 Å². The van der Waals surface area contributed by atoms with E-state index in [1.807, 2.05) is 22.2 Å². The monoisotopic (exact) mass is 308 g/mol. The number of aryl methyl sites for hydroxylation is 2. The number of nitrogens with zero attached hydrogens (tertiary/aromatic N) is 4. The van der Waals surface area contributed by atoms with Crippen LogP contribution in [0.3, 0.4) is 0 Å². The molecule has 3 aromatic rings. The highest BCUT2D eigenvalue weighted by Gasteiger charge is 2.16. The average Bonchev–Trinajstić information content (AvgIpc) is 2.90. The molecule has 3 heterocycles. The van der Waals surface area contributed by atoms with E-state index in [1.165, 1.54) is 0 Å². The number of hydrogen-bond acceptors (Lipinski definition) is 2. The zero-order chi connectivity index (χ0) is 14.4. The highest BCUT2D eigenvalue weighted by Crippen LogP contribution is 2.29. The predicted octanol–water partition coefficient (Wildman–Crippen LogP) is 4.14. The molecule has 0 aromatic carbocycles. The minimum atomic E-state index is 0.543. The van der Waals surface area contributed by atoms with Crippen LogP contribution in [-0.2, 0) is 6.54 Å². The van der Waals surface area contributed by atoms with Crippen molar-refractivity contribution in [2.45, 2.75) is 27.3 Å². The van der Waals surface area contributed by atoms with Gasteiger partial charge in [0, 0.05) is 30.2 Å². The Bertz CT molecular complexity index is 801. The molecular formula is C14H14Cl2N4. The van der Waals surface area contributed by atoms with Gasteiger partial charge in [0.05, 0.1) is 21.4 Å². The van der Waals surface area contributed by atoms with Gasteiger partial charge in [-0.2, -0.15) is 5.10 Å². The lowest BCUT2D eigenvalue weighted by Gasteiger charge is -1.99. The van der Waals surface area contributed by atoms with Crippen LogP contribution < -0.4 is 0 Å². The molecule has 4 nitrogen and oxygen atoms in total. The van der Waals surface area contributed by atoms with Crippen LogP contribution in [0.5, 0.6) is 0 Å². The molecule has 3 aromatic heterocycles. The molecule has 0 aliphatic rings. The molecule has 0 fully saturated rings. The molecule has 0 aliphatic heterocycles. The third kappa shape index (κ3) is 2.00. The first-order valence-electron chi connectivity index (χ1n) is 6.39. The largest absolute Gasteiger partial charge is 0.304 e. The van der Waals surface area contributed by atoms with Crippen LogP contribution in [0.15, 0.2) is 18.5 Å². The quantitative estimate of drug-likeness (QED) is 0.713. The van der Waals surface area contributed by atoms with Crippen molar-refractivity contribution in [1.82, 2.24) is 19.2 Å². The molecule has 6 heteroatoms. The Balaban J connectivity index is 2.25. The standard InChI is InChI=1S/C14H14Cl2N4/c1-4-20-9(3)13(8(2)18-20)12-7-19-6-10(15)5-11(16)14(19)17-12/h5-7H,4H2,1-3H3. The molecule has 3 rings (SSSR count). The first kappa shape index (κ1) is 13.5. The summed E-state index contributed by atoms with van der Waals surface area (Å²) in [7, 11) is 0. The summed E-state index contributed by atoms with van der Waals surface area (Å²) >= 11 is 12.2. The third-order valence-corrected chi connectivity index (χ3v) is 3.89. The molecule has 0 amide bonds. The lowest BCUT2D eigenvalue weighted by Crippen LogP contribution is -1.98.